The molecule has 0 aromatic heterocycles. The number of likely N-dealkylation sites (tertiary alicyclic amines) is 1. The molecule has 164 valence electrons. The fraction of sp³-hybridized carbons (Fsp3) is 0.333. The third kappa shape index (κ3) is 5.09. The molecule has 1 unspecified atom stereocenters. The van der Waals surface area contributed by atoms with Gasteiger partial charge in [-0.15, -0.1) is 0 Å². The van der Waals surface area contributed by atoms with Crippen molar-refractivity contribution in [2.75, 3.05) is 33.8 Å². The smallest absolute Gasteiger partial charge is 0.295 e. The quantitative estimate of drug-likeness (QED) is 0.382. The van der Waals surface area contributed by atoms with Crippen molar-refractivity contribution in [2.45, 2.75) is 19.4 Å². The Morgan fingerprint density at radius 2 is 1.74 bits per heavy atom. The number of hydrogen-bond acceptors (Lipinski definition) is 4. The van der Waals surface area contributed by atoms with Gasteiger partial charge >= 0.3 is 0 Å². The number of nitrogens with zero attached hydrogens (tertiary/aromatic N) is 1. The van der Waals surface area contributed by atoms with Gasteiger partial charge in [-0.25, -0.2) is 0 Å². The number of Topliss-reactive ketones (excluding diaryl/α,β-unsaturated/α-hetero) is 1. The van der Waals surface area contributed by atoms with E-state index < -0.39 is 23.5 Å². The number of benzene rings is 2. The Balaban J connectivity index is 2.04. The van der Waals surface area contributed by atoms with Gasteiger partial charge in [0.25, 0.3) is 5.91 Å². The average molecular weight is 443 g/mol. The number of ether oxygens (including phenoxy) is 1. The Morgan fingerprint density at radius 3 is 2.32 bits per heavy atom. The lowest BCUT2D eigenvalue weighted by atomic mass is 9.95. The zero-order valence-corrected chi connectivity index (χ0v) is 18.7. The van der Waals surface area contributed by atoms with Crippen molar-refractivity contribution in [3.63, 3.8) is 0 Å². The van der Waals surface area contributed by atoms with E-state index in [9.17, 15) is 14.7 Å². The van der Waals surface area contributed by atoms with Crippen LogP contribution in [-0.2, 0) is 9.59 Å². The molecular formula is C24H27ClN2O4. The normalized spacial score (nSPS) is 18.1. The van der Waals surface area contributed by atoms with Gasteiger partial charge in [-0.3, -0.25) is 9.59 Å². The molecule has 6 nitrogen and oxygen atoms in total. The SMILES string of the molecule is CCCOc1ccc(/C([O-])=C2\C(=O)C(=O)N(CC[NH+](C)C)C2c2ccc(Cl)cc2)cc1. The summed E-state index contributed by atoms with van der Waals surface area (Å²) in [5.41, 5.74) is 1.01. The highest BCUT2D eigenvalue weighted by molar-refractivity contribution is 6.46. The van der Waals surface area contributed by atoms with Crippen molar-refractivity contribution >= 4 is 29.1 Å². The third-order valence-electron chi connectivity index (χ3n) is 5.16. The van der Waals surface area contributed by atoms with Crippen LogP contribution < -0.4 is 14.7 Å². The fourth-order valence-electron chi connectivity index (χ4n) is 3.51. The average Bonchev–Trinajstić information content (AvgIpc) is 3.01. The number of amides is 1. The van der Waals surface area contributed by atoms with Crippen LogP contribution in [0, 0.1) is 0 Å². The van der Waals surface area contributed by atoms with Crippen LogP contribution in [-0.4, -0.2) is 50.4 Å². The molecule has 1 heterocycles. The second-order valence-electron chi connectivity index (χ2n) is 7.85. The topological polar surface area (TPSA) is 74.1 Å². The summed E-state index contributed by atoms with van der Waals surface area (Å²) in [4.78, 5) is 28.4. The molecule has 0 bridgehead atoms. The maximum absolute atomic E-state index is 13.4. The molecule has 1 fully saturated rings. The minimum Gasteiger partial charge on any atom is -0.872 e. The van der Waals surface area contributed by atoms with Crippen molar-refractivity contribution in [3.8, 4) is 5.75 Å². The number of quaternary nitrogens is 1. The summed E-state index contributed by atoms with van der Waals surface area (Å²) >= 11 is 6.02. The molecule has 3 rings (SSSR count). The maximum Gasteiger partial charge on any atom is 0.295 e. The summed E-state index contributed by atoms with van der Waals surface area (Å²) in [6, 6.07) is 12.8. The first-order valence-electron chi connectivity index (χ1n) is 10.4. The molecule has 1 aliphatic heterocycles. The zero-order valence-electron chi connectivity index (χ0n) is 18.0. The lowest BCUT2D eigenvalue weighted by Crippen LogP contribution is -3.06. The number of carbonyl (C=O) groups excluding carboxylic acids is 2. The van der Waals surface area contributed by atoms with Crippen LogP contribution >= 0.6 is 11.6 Å². The molecule has 0 radical (unpaired) electrons. The van der Waals surface area contributed by atoms with Crippen LogP contribution in [0.3, 0.4) is 0 Å². The Hall–Kier alpha value is -2.83. The second-order valence-corrected chi connectivity index (χ2v) is 8.29. The van der Waals surface area contributed by atoms with E-state index in [1.807, 2.05) is 21.0 Å². The minimum atomic E-state index is -0.745. The van der Waals surface area contributed by atoms with Gasteiger partial charge in [-0.1, -0.05) is 48.5 Å². The summed E-state index contributed by atoms with van der Waals surface area (Å²) in [5, 5.41) is 13.9. The lowest BCUT2D eigenvalue weighted by Gasteiger charge is -2.27. The molecule has 1 N–H and O–H groups in total. The molecule has 1 amide bonds. The van der Waals surface area contributed by atoms with E-state index in [0.29, 0.717) is 41.6 Å². The van der Waals surface area contributed by atoms with Gasteiger partial charge in [0.15, 0.2) is 0 Å². The summed E-state index contributed by atoms with van der Waals surface area (Å²) in [6.07, 6.45) is 0.877. The molecule has 0 aliphatic carbocycles. The van der Waals surface area contributed by atoms with Crippen LogP contribution in [0.4, 0.5) is 0 Å². The highest BCUT2D eigenvalue weighted by Crippen LogP contribution is 2.38. The number of rotatable bonds is 8. The van der Waals surface area contributed by atoms with Crippen molar-refractivity contribution in [1.82, 2.24) is 4.90 Å². The fourth-order valence-corrected chi connectivity index (χ4v) is 3.64. The van der Waals surface area contributed by atoms with Gasteiger partial charge in [0, 0.05) is 10.6 Å². The van der Waals surface area contributed by atoms with Gasteiger partial charge < -0.3 is 19.6 Å². The number of nitrogens with one attached hydrogen (secondary N) is 1. The summed E-state index contributed by atoms with van der Waals surface area (Å²) in [6.45, 7) is 3.60. The Morgan fingerprint density at radius 1 is 1.10 bits per heavy atom. The molecule has 1 atom stereocenters. The van der Waals surface area contributed by atoms with Crippen molar-refractivity contribution in [2.24, 2.45) is 0 Å². The number of likely N-dealkylation sites (N-methyl/N-ethyl adjacent to an activating group) is 1. The molecule has 0 spiro atoms. The van der Waals surface area contributed by atoms with E-state index >= 15 is 0 Å². The predicted molar refractivity (Wildman–Crippen MR) is 118 cm³/mol. The highest BCUT2D eigenvalue weighted by Gasteiger charge is 2.44. The van der Waals surface area contributed by atoms with Crippen LogP contribution in [0.15, 0.2) is 54.1 Å². The number of carbonyl (C=O) groups is 2. The van der Waals surface area contributed by atoms with Crippen LogP contribution in [0.1, 0.15) is 30.5 Å². The molecule has 1 saturated heterocycles. The van der Waals surface area contributed by atoms with Gasteiger partial charge in [-0.05, 0) is 41.8 Å². The third-order valence-corrected chi connectivity index (χ3v) is 5.41. The summed E-state index contributed by atoms with van der Waals surface area (Å²) < 4.78 is 5.56. The maximum atomic E-state index is 13.4. The van der Waals surface area contributed by atoms with Crippen molar-refractivity contribution in [3.05, 3.63) is 70.3 Å². The number of hydrogen-bond donors (Lipinski definition) is 1. The monoisotopic (exact) mass is 442 g/mol. The summed E-state index contributed by atoms with van der Waals surface area (Å²) in [7, 11) is 3.94. The van der Waals surface area contributed by atoms with Gasteiger partial charge in [0.1, 0.15) is 5.75 Å². The summed E-state index contributed by atoms with van der Waals surface area (Å²) in [5.74, 6) is -1.18. The standard InChI is InChI=1S/C24H27ClN2O4/c1-4-15-31-19-11-7-17(8-12-19)22(28)20-21(16-5-9-18(25)10-6-16)27(14-13-26(2)3)24(30)23(20)29/h5-12,21,28H,4,13-15H2,1-3H3/b22-20+. The Bertz CT molecular complexity index is 968. The molecule has 0 saturated carbocycles. The van der Waals surface area contributed by atoms with Gasteiger partial charge in [-0.2, -0.15) is 0 Å². The zero-order chi connectivity index (χ0) is 22.5. The van der Waals surface area contributed by atoms with E-state index in [1.165, 1.54) is 4.90 Å². The van der Waals surface area contributed by atoms with E-state index in [2.05, 4.69) is 0 Å². The molecule has 2 aromatic rings. The van der Waals surface area contributed by atoms with E-state index in [0.717, 1.165) is 11.3 Å². The second kappa shape index (κ2) is 9.98. The van der Waals surface area contributed by atoms with Gasteiger partial charge in [0.2, 0.25) is 5.78 Å². The van der Waals surface area contributed by atoms with Gasteiger partial charge in [0.05, 0.1) is 39.8 Å². The Labute approximate surface area is 187 Å². The number of ketones is 1. The first kappa shape index (κ1) is 22.8. The largest absolute Gasteiger partial charge is 0.872 e. The minimum absolute atomic E-state index is 0.0247. The van der Waals surface area contributed by atoms with Crippen molar-refractivity contribution < 1.29 is 24.3 Å². The first-order chi connectivity index (χ1) is 14.8. The van der Waals surface area contributed by atoms with E-state index in [4.69, 9.17) is 16.3 Å². The van der Waals surface area contributed by atoms with Crippen LogP contribution in [0.25, 0.3) is 5.76 Å². The Kier molecular flexibility index (Phi) is 7.36. The molecule has 7 heteroatoms. The lowest BCUT2D eigenvalue weighted by molar-refractivity contribution is -0.857. The van der Waals surface area contributed by atoms with Crippen molar-refractivity contribution in [1.29, 1.82) is 0 Å². The number of halogens is 1. The molecule has 2 aromatic carbocycles. The molecular weight excluding hydrogens is 416 g/mol. The molecule has 31 heavy (non-hydrogen) atoms. The predicted octanol–water partition coefficient (Wildman–Crippen LogP) is 1.50. The molecule has 1 aliphatic rings. The van der Waals surface area contributed by atoms with E-state index in [-0.39, 0.29) is 5.57 Å². The first-order valence-corrected chi connectivity index (χ1v) is 10.8. The van der Waals surface area contributed by atoms with Crippen LogP contribution in [0.2, 0.25) is 5.02 Å². The van der Waals surface area contributed by atoms with E-state index in [1.54, 1.807) is 48.5 Å². The highest BCUT2D eigenvalue weighted by atomic mass is 35.5. The van der Waals surface area contributed by atoms with Crippen LogP contribution in [0.5, 0.6) is 5.75 Å².